The van der Waals surface area contributed by atoms with E-state index in [0.717, 1.165) is 4.88 Å². The van der Waals surface area contributed by atoms with E-state index in [1.807, 2.05) is 17.5 Å². The Bertz CT molecular complexity index is 848. The third-order valence-corrected chi connectivity index (χ3v) is 4.41. The van der Waals surface area contributed by atoms with Crippen molar-refractivity contribution >= 4 is 33.8 Å². The van der Waals surface area contributed by atoms with Crippen LogP contribution < -0.4 is 5.56 Å². The fourth-order valence-corrected chi connectivity index (χ4v) is 3.04. The van der Waals surface area contributed by atoms with Crippen LogP contribution in [0.25, 0.3) is 10.9 Å². The fourth-order valence-electron chi connectivity index (χ4n) is 2.23. The third kappa shape index (κ3) is 3.97. The summed E-state index contributed by atoms with van der Waals surface area (Å²) in [6, 6.07) is 8.89. The lowest BCUT2D eigenvalue weighted by Crippen LogP contribution is -2.29. The van der Waals surface area contributed by atoms with Crippen LogP contribution in [0.3, 0.4) is 0 Å². The SMILES string of the molecule is O=c1c2cc(Cl)ccc2ncn1CC(O)COCc1cccs1. The van der Waals surface area contributed by atoms with Crippen molar-refractivity contribution in [3.63, 3.8) is 0 Å². The molecule has 0 aliphatic carbocycles. The van der Waals surface area contributed by atoms with Gasteiger partial charge in [-0.15, -0.1) is 11.3 Å². The number of hydrogen-bond donors (Lipinski definition) is 1. The Labute approximate surface area is 141 Å². The molecule has 120 valence electrons. The van der Waals surface area contributed by atoms with E-state index in [4.69, 9.17) is 16.3 Å². The van der Waals surface area contributed by atoms with Crippen LogP contribution in [-0.4, -0.2) is 27.4 Å². The molecule has 0 saturated carbocycles. The van der Waals surface area contributed by atoms with Crippen LogP contribution in [0, 0.1) is 0 Å². The lowest BCUT2D eigenvalue weighted by Gasteiger charge is -2.13. The summed E-state index contributed by atoms with van der Waals surface area (Å²) in [5.41, 5.74) is 0.355. The number of rotatable bonds is 6. The molecule has 0 saturated heterocycles. The molecule has 23 heavy (non-hydrogen) atoms. The summed E-state index contributed by atoms with van der Waals surface area (Å²) in [6.07, 6.45) is 0.646. The minimum Gasteiger partial charge on any atom is -0.389 e. The maximum Gasteiger partial charge on any atom is 0.261 e. The van der Waals surface area contributed by atoms with Crippen LogP contribution in [0.15, 0.2) is 46.8 Å². The number of thiophene rings is 1. The van der Waals surface area contributed by atoms with Crippen LogP contribution in [-0.2, 0) is 17.9 Å². The van der Waals surface area contributed by atoms with Gasteiger partial charge in [0.25, 0.3) is 5.56 Å². The van der Waals surface area contributed by atoms with Gasteiger partial charge in [0.15, 0.2) is 0 Å². The third-order valence-electron chi connectivity index (χ3n) is 3.33. The number of nitrogens with zero attached hydrogens (tertiary/aromatic N) is 2. The van der Waals surface area contributed by atoms with Gasteiger partial charge in [-0.3, -0.25) is 9.36 Å². The normalized spacial score (nSPS) is 12.6. The lowest BCUT2D eigenvalue weighted by molar-refractivity contribution is 0.0207. The summed E-state index contributed by atoms with van der Waals surface area (Å²) in [5, 5.41) is 12.9. The van der Waals surface area contributed by atoms with E-state index in [0.29, 0.717) is 22.5 Å². The molecule has 0 bridgehead atoms. The van der Waals surface area contributed by atoms with Crippen molar-refractivity contribution in [3.05, 3.63) is 62.3 Å². The molecule has 0 aliphatic rings. The smallest absolute Gasteiger partial charge is 0.261 e. The zero-order valence-electron chi connectivity index (χ0n) is 12.2. The van der Waals surface area contributed by atoms with Gasteiger partial charge in [0.05, 0.1) is 43.1 Å². The molecule has 1 atom stereocenters. The second-order valence-electron chi connectivity index (χ2n) is 5.11. The molecule has 1 unspecified atom stereocenters. The van der Waals surface area contributed by atoms with Gasteiger partial charge in [0, 0.05) is 9.90 Å². The first kappa shape index (κ1) is 16.1. The monoisotopic (exact) mass is 350 g/mol. The van der Waals surface area contributed by atoms with Crippen LogP contribution >= 0.6 is 22.9 Å². The summed E-state index contributed by atoms with van der Waals surface area (Å²) < 4.78 is 6.83. The molecule has 1 aromatic carbocycles. The van der Waals surface area contributed by atoms with E-state index in [-0.39, 0.29) is 18.7 Å². The molecule has 0 spiro atoms. The standard InChI is InChI=1S/C16H15ClN2O3S/c17-11-3-4-15-14(6-11)16(21)19(10-18-15)7-12(20)8-22-9-13-2-1-5-23-13/h1-6,10,12,20H,7-9H2. The van der Waals surface area contributed by atoms with E-state index in [1.165, 1.54) is 10.9 Å². The Hall–Kier alpha value is -1.73. The van der Waals surface area contributed by atoms with E-state index < -0.39 is 6.10 Å². The number of hydrogen-bond acceptors (Lipinski definition) is 5. The Balaban J connectivity index is 1.66. The molecular formula is C16H15ClN2O3S. The molecule has 5 nitrogen and oxygen atoms in total. The minimum absolute atomic E-state index is 0.124. The van der Waals surface area contributed by atoms with Crippen molar-refractivity contribution < 1.29 is 9.84 Å². The van der Waals surface area contributed by atoms with Crippen LogP contribution in [0.2, 0.25) is 5.02 Å². The van der Waals surface area contributed by atoms with E-state index in [9.17, 15) is 9.90 Å². The van der Waals surface area contributed by atoms with Crippen LogP contribution in [0.1, 0.15) is 4.88 Å². The van der Waals surface area contributed by atoms with Gasteiger partial charge < -0.3 is 9.84 Å². The number of aliphatic hydroxyl groups is 1. The van der Waals surface area contributed by atoms with Gasteiger partial charge in [-0.05, 0) is 29.6 Å². The Kier molecular flexibility index (Phi) is 5.07. The summed E-state index contributed by atoms with van der Waals surface area (Å²) in [6.45, 7) is 0.728. The van der Waals surface area contributed by atoms with Gasteiger partial charge in [-0.1, -0.05) is 17.7 Å². The highest BCUT2D eigenvalue weighted by Crippen LogP contribution is 2.14. The molecule has 7 heteroatoms. The second kappa shape index (κ2) is 7.23. The number of aromatic nitrogens is 2. The largest absolute Gasteiger partial charge is 0.389 e. The molecule has 2 heterocycles. The maximum absolute atomic E-state index is 12.4. The predicted molar refractivity (Wildman–Crippen MR) is 91.0 cm³/mol. The highest BCUT2D eigenvalue weighted by molar-refractivity contribution is 7.09. The summed E-state index contributed by atoms with van der Waals surface area (Å²) in [4.78, 5) is 17.7. The molecule has 0 fully saturated rings. The van der Waals surface area contributed by atoms with E-state index >= 15 is 0 Å². The molecule has 2 aromatic heterocycles. The van der Waals surface area contributed by atoms with Crippen molar-refractivity contribution in [2.24, 2.45) is 0 Å². The first-order valence-electron chi connectivity index (χ1n) is 7.06. The van der Waals surface area contributed by atoms with Gasteiger partial charge in [0.2, 0.25) is 0 Å². The van der Waals surface area contributed by atoms with E-state index in [1.54, 1.807) is 29.5 Å². The van der Waals surface area contributed by atoms with Crippen molar-refractivity contribution in [3.8, 4) is 0 Å². The first-order chi connectivity index (χ1) is 11.1. The first-order valence-corrected chi connectivity index (χ1v) is 8.32. The van der Waals surface area contributed by atoms with Crippen LogP contribution in [0.5, 0.6) is 0 Å². The highest BCUT2D eigenvalue weighted by atomic mass is 35.5. The van der Waals surface area contributed by atoms with Gasteiger partial charge >= 0.3 is 0 Å². The van der Waals surface area contributed by atoms with Gasteiger partial charge in [-0.25, -0.2) is 4.98 Å². The second-order valence-corrected chi connectivity index (χ2v) is 6.58. The van der Waals surface area contributed by atoms with E-state index in [2.05, 4.69) is 4.98 Å². The van der Waals surface area contributed by atoms with Crippen molar-refractivity contribution in [1.82, 2.24) is 9.55 Å². The molecule has 0 amide bonds. The van der Waals surface area contributed by atoms with Crippen molar-refractivity contribution in [1.29, 1.82) is 0 Å². The lowest BCUT2D eigenvalue weighted by atomic mass is 10.2. The number of ether oxygens (including phenoxy) is 1. The van der Waals surface area contributed by atoms with Gasteiger partial charge in [0.1, 0.15) is 0 Å². The minimum atomic E-state index is -0.786. The Morgan fingerprint density at radius 3 is 3.04 bits per heavy atom. The average molecular weight is 351 g/mol. The molecule has 3 rings (SSSR count). The zero-order valence-corrected chi connectivity index (χ0v) is 13.8. The quantitative estimate of drug-likeness (QED) is 0.742. The van der Waals surface area contributed by atoms with Crippen LogP contribution in [0.4, 0.5) is 0 Å². The number of halogens is 1. The molecule has 0 aliphatic heterocycles. The summed E-state index contributed by atoms with van der Waals surface area (Å²) >= 11 is 7.52. The molecule has 0 radical (unpaired) electrons. The molecule has 1 N–H and O–H groups in total. The fraction of sp³-hybridized carbons (Fsp3) is 0.250. The predicted octanol–water partition coefficient (Wildman–Crippen LogP) is 2.69. The van der Waals surface area contributed by atoms with Crippen molar-refractivity contribution in [2.75, 3.05) is 6.61 Å². The summed E-state index contributed by atoms with van der Waals surface area (Å²) in [5.74, 6) is 0. The Morgan fingerprint density at radius 2 is 2.26 bits per heavy atom. The maximum atomic E-state index is 12.4. The number of aliphatic hydroxyl groups excluding tert-OH is 1. The highest BCUT2D eigenvalue weighted by Gasteiger charge is 2.10. The number of fused-ring (bicyclic) bond motifs is 1. The summed E-state index contributed by atoms with van der Waals surface area (Å²) in [7, 11) is 0. The molecular weight excluding hydrogens is 336 g/mol. The molecule has 3 aromatic rings. The van der Waals surface area contributed by atoms with Gasteiger partial charge in [-0.2, -0.15) is 0 Å². The topological polar surface area (TPSA) is 64.4 Å². The zero-order chi connectivity index (χ0) is 16.2. The average Bonchev–Trinajstić information content (AvgIpc) is 3.04. The van der Waals surface area contributed by atoms with Crippen molar-refractivity contribution in [2.45, 2.75) is 19.3 Å². The number of benzene rings is 1. The Morgan fingerprint density at radius 1 is 1.39 bits per heavy atom.